The van der Waals surface area contributed by atoms with Crippen LogP contribution in [0.15, 0.2) is 24.3 Å². The maximum Gasteiger partial charge on any atom is 0.338 e. The van der Waals surface area contributed by atoms with Gasteiger partial charge >= 0.3 is 11.9 Å². The second-order valence-electron chi connectivity index (χ2n) is 16.2. The molecule has 5 rings (SSSR count). The number of benzene rings is 1. The molecule has 8 heteroatoms. The van der Waals surface area contributed by atoms with Gasteiger partial charge < -0.3 is 32.4 Å². The van der Waals surface area contributed by atoms with Crippen LogP contribution in [0.25, 0.3) is 0 Å². The van der Waals surface area contributed by atoms with Gasteiger partial charge in [0, 0.05) is 24.2 Å². The monoisotopic (exact) mass is 638 g/mol. The summed E-state index contributed by atoms with van der Waals surface area (Å²) in [6, 6.07) is 7.68. The van der Waals surface area contributed by atoms with E-state index in [0.29, 0.717) is 58.5 Å². The summed E-state index contributed by atoms with van der Waals surface area (Å²) in [6.07, 6.45) is 11.3. The Morgan fingerprint density at radius 1 is 0.500 bits per heavy atom. The summed E-state index contributed by atoms with van der Waals surface area (Å²) in [7, 11) is 0. The predicted molar refractivity (Wildman–Crippen MR) is 183 cm³/mol. The minimum atomic E-state index is -0.326. The third kappa shape index (κ3) is 8.34. The Labute approximate surface area is 277 Å². The number of hydrogen-bond donors (Lipinski definition) is 4. The van der Waals surface area contributed by atoms with Gasteiger partial charge in [-0.3, -0.25) is 0 Å². The van der Waals surface area contributed by atoms with Crippen LogP contribution in [0.4, 0.5) is 0 Å². The van der Waals surface area contributed by atoms with Crippen LogP contribution in [0.3, 0.4) is 0 Å². The van der Waals surface area contributed by atoms with Gasteiger partial charge in [-0.05, 0) is 149 Å². The Morgan fingerprint density at radius 2 is 0.739 bits per heavy atom. The lowest BCUT2D eigenvalue weighted by Gasteiger charge is -2.42. The first-order valence-electron chi connectivity index (χ1n) is 18.5. The minimum absolute atomic E-state index is 0.153. The van der Waals surface area contributed by atoms with Gasteiger partial charge in [0.25, 0.3) is 0 Å². The van der Waals surface area contributed by atoms with E-state index >= 15 is 0 Å². The van der Waals surface area contributed by atoms with Crippen LogP contribution < -0.4 is 22.9 Å². The van der Waals surface area contributed by atoms with Crippen LogP contribution in [0.5, 0.6) is 0 Å². The van der Waals surface area contributed by atoms with E-state index in [1.165, 1.54) is 0 Å². The standard InChI is InChI=1S/C38H62N4O4/c1-21-17-27(9-13-31(21)39)35(28-10-14-32(40)22(2)18-28)45-37(43)25-5-7-26(8-6-25)38(44)46-36(29-11-15-33(41)23(3)19-29)30-12-16-34(42)24(4)20-30/h5-8,21-24,27-36H,9-20,39-42H2,1-4H3. The average molecular weight is 639 g/mol. The highest BCUT2D eigenvalue weighted by Crippen LogP contribution is 2.42. The van der Waals surface area contributed by atoms with Gasteiger partial charge in [-0.15, -0.1) is 0 Å². The van der Waals surface area contributed by atoms with Gasteiger partial charge in [0.1, 0.15) is 12.2 Å². The topological polar surface area (TPSA) is 157 Å². The fourth-order valence-electron chi connectivity index (χ4n) is 9.32. The Hall–Kier alpha value is -2.00. The van der Waals surface area contributed by atoms with Crippen molar-refractivity contribution in [3.8, 4) is 0 Å². The molecule has 8 N–H and O–H groups in total. The van der Waals surface area contributed by atoms with Crippen molar-refractivity contribution in [1.82, 2.24) is 0 Å². The summed E-state index contributed by atoms with van der Waals surface area (Å²) in [5, 5.41) is 0. The van der Waals surface area contributed by atoms with Gasteiger partial charge in [0.2, 0.25) is 0 Å². The molecule has 12 unspecified atom stereocenters. The first kappa shape index (κ1) is 35.3. The number of hydrogen-bond acceptors (Lipinski definition) is 8. The zero-order chi connectivity index (χ0) is 33.1. The highest BCUT2D eigenvalue weighted by Gasteiger charge is 2.42. The molecule has 4 fully saturated rings. The lowest BCUT2D eigenvalue weighted by molar-refractivity contribution is -0.0350. The van der Waals surface area contributed by atoms with Crippen LogP contribution in [-0.2, 0) is 9.47 Å². The highest BCUT2D eigenvalue weighted by atomic mass is 16.5. The van der Waals surface area contributed by atoms with E-state index in [1.807, 2.05) is 0 Å². The molecule has 0 bridgehead atoms. The van der Waals surface area contributed by atoms with Crippen LogP contribution in [-0.4, -0.2) is 48.3 Å². The van der Waals surface area contributed by atoms with E-state index in [4.69, 9.17) is 32.4 Å². The molecular formula is C38H62N4O4. The first-order valence-corrected chi connectivity index (χ1v) is 18.5. The molecule has 4 aliphatic carbocycles. The van der Waals surface area contributed by atoms with Crippen molar-refractivity contribution >= 4 is 11.9 Å². The normalized spacial score (nSPS) is 40.0. The van der Waals surface area contributed by atoms with Gasteiger partial charge in [-0.25, -0.2) is 9.59 Å². The van der Waals surface area contributed by atoms with E-state index in [-0.39, 0.29) is 48.3 Å². The average Bonchev–Trinajstić information content (AvgIpc) is 3.04. The number of carbonyl (C=O) groups excluding carboxylic acids is 2. The largest absolute Gasteiger partial charge is 0.458 e. The predicted octanol–water partition coefficient (Wildman–Crippen LogP) is 5.79. The quantitative estimate of drug-likeness (QED) is 0.261. The second kappa shape index (κ2) is 15.5. The zero-order valence-corrected chi connectivity index (χ0v) is 28.8. The fourth-order valence-corrected chi connectivity index (χ4v) is 9.32. The third-order valence-electron chi connectivity index (χ3n) is 12.8. The maximum atomic E-state index is 13.6. The summed E-state index contributed by atoms with van der Waals surface area (Å²) in [5.41, 5.74) is 26.3. The van der Waals surface area contributed by atoms with Crippen molar-refractivity contribution in [3.05, 3.63) is 35.4 Å². The molecule has 1 aromatic carbocycles. The number of esters is 2. The van der Waals surface area contributed by atoms with E-state index < -0.39 is 0 Å². The van der Waals surface area contributed by atoms with Gasteiger partial charge in [0.15, 0.2) is 0 Å². The molecule has 0 saturated heterocycles. The summed E-state index contributed by atoms with van der Waals surface area (Å²) >= 11 is 0. The van der Waals surface area contributed by atoms with Crippen molar-refractivity contribution in [2.24, 2.45) is 70.3 Å². The minimum Gasteiger partial charge on any atom is -0.458 e. The molecule has 46 heavy (non-hydrogen) atoms. The molecule has 0 aromatic heterocycles. The fraction of sp³-hybridized carbons (Fsp3) is 0.789. The molecule has 0 spiro atoms. The number of ether oxygens (including phenoxy) is 2. The maximum absolute atomic E-state index is 13.6. The van der Waals surface area contributed by atoms with Crippen molar-refractivity contribution in [2.75, 3.05) is 0 Å². The Morgan fingerprint density at radius 3 is 0.957 bits per heavy atom. The molecule has 4 aliphatic rings. The lowest BCUT2D eigenvalue weighted by atomic mass is 9.69. The van der Waals surface area contributed by atoms with Crippen LogP contribution in [0, 0.1) is 47.3 Å². The van der Waals surface area contributed by atoms with Gasteiger partial charge in [-0.1, -0.05) is 27.7 Å². The Balaban J connectivity index is 1.27. The Bertz CT molecular complexity index is 1020. The van der Waals surface area contributed by atoms with E-state index in [9.17, 15) is 9.59 Å². The van der Waals surface area contributed by atoms with Crippen molar-refractivity contribution < 1.29 is 19.1 Å². The number of nitrogens with two attached hydrogens (primary N) is 4. The third-order valence-corrected chi connectivity index (χ3v) is 12.8. The van der Waals surface area contributed by atoms with E-state index in [0.717, 1.165) is 77.0 Å². The molecule has 258 valence electrons. The molecular weight excluding hydrogens is 576 g/mol. The Kier molecular flexibility index (Phi) is 11.9. The molecule has 1 aromatic rings. The highest BCUT2D eigenvalue weighted by molar-refractivity contribution is 5.93. The summed E-state index contributed by atoms with van der Waals surface area (Å²) in [5.74, 6) is 2.14. The molecule has 4 saturated carbocycles. The summed E-state index contributed by atoms with van der Waals surface area (Å²) in [6.45, 7) is 8.85. The van der Waals surface area contributed by atoms with E-state index in [2.05, 4.69) is 27.7 Å². The van der Waals surface area contributed by atoms with Gasteiger partial charge in [0.05, 0.1) is 11.1 Å². The van der Waals surface area contributed by atoms with Crippen molar-refractivity contribution in [2.45, 2.75) is 141 Å². The molecule has 12 atom stereocenters. The molecule has 0 amide bonds. The van der Waals surface area contributed by atoms with Crippen LogP contribution in [0.1, 0.15) is 125 Å². The lowest BCUT2D eigenvalue weighted by Crippen LogP contribution is -2.45. The molecule has 0 radical (unpaired) electrons. The second-order valence-corrected chi connectivity index (χ2v) is 16.2. The number of carbonyl (C=O) groups is 2. The SMILES string of the molecule is CC1CC(C(OC(=O)c2ccc(C(=O)OC(C3CCC(N)C(C)C3)C3CCC(N)C(C)C3)cc2)C2CCC(N)C(C)C2)CCC1N. The van der Waals surface area contributed by atoms with Crippen molar-refractivity contribution in [1.29, 1.82) is 0 Å². The molecule has 8 nitrogen and oxygen atoms in total. The smallest absolute Gasteiger partial charge is 0.338 e. The zero-order valence-electron chi connectivity index (χ0n) is 28.8. The van der Waals surface area contributed by atoms with E-state index in [1.54, 1.807) is 24.3 Å². The van der Waals surface area contributed by atoms with Gasteiger partial charge in [-0.2, -0.15) is 0 Å². The molecule has 0 heterocycles. The van der Waals surface area contributed by atoms with Crippen LogP contribution in [0.2, 0.25) is 0 Å². The first-order chi connectivity index (χ1) is 21.9. The summed E-state index contributed by atoms with van der Waals surface area (Å²) in [4.78, 5) is 27.2. The van der Waals surface area contributed by atoms with Crippen LogP contribution >= 0.6 is 0 Å². The molecule has 0 aliphatic heterocycles. The van der Waals surface area contributed by atoms with Crippen molar-refractivity contribution in [3.63, 3.8) is 0 Å². The summed E-state index contributed by atoms with van der Waals surface area (Å²) < 4.78 is 12.8. The number of rotatable bonds is 8.